The molecular weight excluding hydrogens is 218 g/mol. The van der Waals surface area contributed by atoms with Crippen LogP contribution in [0.15, 0.2) is 16.7 Å². The molecule has 0 spiro atoms. The van der Waals surface area contributed by atoms with Gasteiger partial charge in [0.2, 0.25) is 0 Å². The van der Waals surface area contributed by atoms with Gasteiger partial charge in [-0.1, -0.05) is 0 Å². The van der Waals surface area contributed by atoms with Crippen LogP contribution in [0.5, 0.6) is 0 Å². The average molecular weight is 235 g/mol. The van der Waals surface area contributed by atoms with E-state index in [1.54, 1.807) is 18.0 Å². The van der Waals surface area contributed by atoms with E-state index in [1.807, 2.05) is 6.92 Å². The molecule has 1 amide bonds. The number of aryl methyl sites for hydroxylation is 1. The zero-order valence-corrected chi connectivity index (χ0v) is 10.2. The number of rotatable bonds is 2. The Labute approximate surface area is 101 Å². The molecule has 4 nitrogen and oxygen atoms in total. The third-order valence-corrected chi connectivity index (χ3v) is 3.36. The van der Waals surface area contributed by atoms with E-state index in [1.165, 1.54) is 6.26 Å². The van der Waals surface area contributed by atoms with Gasteiger partial charge < -0.3 is 9.32 Å². The Morgan fingerprint density at radius 2 is 2.06 bits per heavy atom. The maximum atomic E-state index is 12.1. The lowest BCUT2D eigenvalue weighted by molar-refractivity contribution is -0.121. The summed E-state index contributed by atoms with van der Waals surface area (Å²) in [5, 5.41) is 0. The van der Waals surface area contributed by atoms with Gasteiger partial charge in [-0.05, 0) is 25.8 Å². The molecule has 1 aliphatic rings. The second-order valence-corrected chi connectivity index (χ2v) is 4.63. The van der Waals surface area contributed by atoms with Crippen LogP contribution in [0, 0.1) is 6.92 Å². The third-order valence-electron chi connectivity index (χ3n) is 3.36. The topological polar surface area (TPSA) is 50.5 Å². The van der Waals surface area contributed by atoms with E-state index in [4.69, 9.17) is 4.42 Å². The van der Waals surface area contributed by atoms with Crippen molar-refractivity contribution in [1.29, 1.82) is 0 Å². The van der Waals surface area contributed by atoms with Crippen LogP contribution in [-0.2, 0) is 4.79 Å². The Balaban J connectivity index is 2.02. The van der Waals surface area contributed by atoms with E-state index in [9.17, 15) is 9.59 Å². The highest BCUT2D eigenvalue weighted by Crippen LogP contribution is 2.21. The fourth-order valence-electron chi connectivity index (χ4n) is 2.24. The van der Waals surface area contributed by atoms with Crippen LogP contribution < -0.4 is 0 Å². The van der Waals surface area contributed by atoms with Gasteiger partial charge in [-0.15, -0.1) is 0 Å². The highest BCUT2D eigenvalue weighted by Gasteiger charge is 2.26. The number of nitrogens with zero attached hydrogens (tertiary/aromatic N) is 1. The average Bonchev–Trinajstić information content (AvgIpc) is 2.75. The fraction of sp³-hybridized carbons (Fsp3) is 0.538. The lowest BCUT2D eigenvalue weighted by Crippen LogP contribution is -2.39. The number of hydrogen-bond acceptors (Lipinski definition) is 3. The fourth-order valence-corrected chi connectivity index (χ4v) is 2.24. The molecule has 1 fully saturated rings. The minimum absolute atomic E-state index is 0.0267. The molecule has 1 aromatic rings. The van der Waals surface area contributed by atoms with E-state index < -0.39 is 0 Å². The summed E-state index contributed by atoms with van der Waals surface area (Å²) in [6.07, 6.45) is 4.22. The van der Waals surface area contributed by atoms with Crippen LogP contribution in [-0.4, -0.2) is 29.7 Å². The molecule has 0 radical (unpaired) electrons. The highest BCUT2D eigenvalue weighted by molar-refractivity contribution is 5.94. The van der Waals surface area contributed by atoms with Crippen molar-refractivity contribution in [3.63, 3.8) is 0 Å². The number of Topliss-reactive ketones (excluding diaryl/α,β-unsaturated/α-hetero) is 1. The molecule has 92 valence electrons. The summed E-state index contributed by atoms with van der Waals surface area (Å²) in [6, 6.07) is 1.92. The lowest BCUT2D eigenvalue weighted by Gasteiger charge is -2.30. The molecule has 1 aromatic heterocycles. The van der Waals surface area contributed by atoms with Crippen LogP contribution in [0.1, 0.15) is 41.8 Å². The highest BCUT2D eigenvalue weighted by atomic mass is 16.3. The first kappa shape index (κ1) is 11.9. The Bertz CT molecular complexity index is 426. The third kappa shape index (κ3) is 2.57. The number of amides is 1. The van der Waals surface area contributed by atoms with E-state index in [2.05, 4.69) is 0 Å². The quantitative estimate of drug-likeness (QED) is 0.789. The Morgan fingerprint density at radius 1 is 1.41 bits per heavy atom. The van der Waals surface area contributed by atoms with Gasteiger partial charge in [0.25, 0.3) is 5.91 Å². The van der Waals surface area contributed by atoms with Crippen molar-refractivity contribution in [3.05, 3.63) is 23.7 Å². The minimum atomic E-state index is -0.0267. The zero-order valence-electron chi connectivity index (χ0n) is 10.2. The first-order valence-corrected chi connectivity index (χ1v) is 5.92. The van der Waals surface area contributed by atoms with Crippen molar-refractivity contribution < 1.29 is 14.0 Å². The zero-order chi connectivity index (χ0) is 12.4. The number of carbonyl (C=O) groups is 2. The minimum Gasteiger partial charge on any atom is -0.469 e. The molecule has 1 aliphatic carbocycles. The van der Waals surface area contributed by atoms with Crippen molar-refractivity contribution >= 4 is 11.7 Å². The molecule has 4 heteroatoms. The van der Waals surface area contributed by atoms with Gasteiger partial charge in [-0.3, -0.25) is 9.59 Å². The van der Waals surface area contributed by atoms with Crippen LogP contribution in [0.2, 0.25) is 0 Å². The normalized spacial score (nSPS) is 17.2. The molecule has 1 saturated carbocycles. The number of hydrogen-bond donors (Lipinski definition) is 0. The van der Waals surface area contributed by atoms with Crippen molar-refractivity contribution in [1.82, 2.24) is 4.90 Å². The summed E-state index contributed by atoms with van der Waals surface area (Å²) in [7, 11) is 1.80. The summed E-state index contributed by atoms with van der Waals surface area (Å²) in [5.74, 6) is 1.02. The molecule has 0 bridgehead atoms. The van der Waals surface area contributed by atoms with Crippen LogP contribution >= 0.6 is 0 Å². The smallest absolute Gasteiger partial charge is 0.257 e. The van der Waals surface area contributed by atoms with Crippen molar-refractivity contribution in [2.24, 2.45) is 0 Å². The summed E-state index contributed by atoms with van der Waals surface area (Å²) in [6.45, 7) is 1.82. The van der Waals surface area contributed by atoms with Gasteiger partial charge in [-0.25, -0.2) is 0 Å². The molecule has 0 unspecified atom stereocenters. The van der Waals surface area contributed by atoms with E-state index in [0.29, 0.717) is 24.2 Å². The molecule has 0 aliphatic heterocycles. The summed E-state index contributed by atoms with van der Waals surface area (Å²) in [4.78, 5) is 25.0. The van der Waals surface area contributed by atoms with Gasteiger partial charge in [-0.2, -0.15) is 0 Å². The van der Waals surface area contributed by atoms with Gasteiger partial charge in [0.05, 0.1) is 5.56 Å². The van der Waals surface area contributed by atoms with Crippen molar-refractivity contribution in [3.8, 4) is 0 Å². The van der Waals surface area contributed by atoms with Gasteiger partial charge in [0, 0.05) is 25.9 Å². The molecule has 0 aromatic carbocycles. The molecule has 0 atom stereocenters. The number of furan rings is 1. The molecule has 0 saturated heterocycles. The maximum absolute atomic E-state index is 12.1. The van der Waals surface area contributed by atoms with Crippen molar-refractivity contribution in [2.75, 3.05) is 7.05 Å². The monoisotopic (exact) mass is 235 g/mol. The first-order valence-electron chi connectivity index (χ1n) is 5.92. The largest absolute Gasteiger partial charge is 0.469 e. The van der Waals surface area contributed by atoms with Crippen LogP contribution in [0.4, 0.5) is 0 Å². The number of ketones is 1. The molecular formula is C13H17NO3. The Hall–Kier alpha value is -1.58. The molecule has 17 heavy (non-hydrogen) atoms. The summed E-state index contributed by atoms with van der Waals surface area (Å²) in [5.41, 5.74) is 0.585. The SMILES string of the molecule is Cc1cc(C(=O)N(C)C2CCC(=O)CC2)co1. The Kier molecular flexibility index (Phi) is 3.31. The second kappa shape index (κ2) is 4.73. The van der Waals surface area contributed by atoms with Gasteiger partial charge >= 0.3 is 0 Å². The predicted octanol–water partition coefficient (Wildman–Crippen LogP) is 2.17. The lowest BCUT2D eigenvalue weighted by atomic mass is 9.93. The first-order chi connectivity index (χ1) is 8.08. The van der Waals surface area contributed by atoms with Gasteiger partial charge in [0.1, 0.15) is 17.8 Å². The van der Waals surface area contributed by atoms with Crippen molar-refractivity contribution in [2.45, 2.75) is 38.6 Å². The predicted molar refractivity (Wildman–Crippen MR) is 62.8 cm³/mol. The number of carbonyl (C=O) groups excluding carboxylic acids is 2. The van der Waals surface area contributed by atoms with Crippen LogP contribution in [0.3, 0.4) is 0 Å². The molecule has 1 heterocycles. The van der Waals surface area contributed by atoms with E-state index in [0.717, 1.165) is 18.6 Å². The molecule has 2 rings (SSSR count). The van der Waals surface area contributed by atoms with Crippen LogP contribution in [0.25, 0.3) is 0 Å². The summed E-state index contributed by atoms with van der Waals surface area (Å²) >= 11 is 0. The second-order valence-electron chi connectivity index (χ2n) is 4.63. The molecule has 0 N–H and O–H groups in total. The van der Waals surface area contributed by atoms with E-state index in [-0.39, 0.29) is 11.9 Å². The Morgan fingerprint density at radius 3 is 2.59 bits per heavy atom. The van der Waals surface area contributed by atoms with E-state index >= 15 is 0 Å². The summed E-state index contributed by atoms with van der Waals surface area (Å²) < 4.78 is 5.14. The maximum Gasteiger partial charge on any atom is 0.257 e. The standard InChI is InChI=1S/C13H17NO3/c1-9-7-10(8-17-9)13(16)14(2)11-3-5-12(15)6-4-11/h7-8,11H,3-6H2,1-2H3. The van der Waals surface area contributed by atoms with Gasteiger partial charge in [0.15, 0.2) is 0 Å².